The third-order valence-corrected chi connectivity index (χ3v) is 3.88. The first-order valence-electron chi connectivity index (χ1n) is 5.80. The van der Waals surface area contributed by atoms with Crippen LogP contribution in [0.2, 0.25) is 5.02 Å². The van der Waals surface area contributed by atoms with Crippen molar-refractivity contribution < 1.29 is 8.81 Å². The summed E-state index contributed by atoms with van der Waals surface area (Å²) in [5, 5.41) is 4.14. The average molecular weight is 309 g/mol. The Bertz CT molecular complexity index is 775. The van der Waals surface area contributed by atoms with Gasteiger partial charge in [0, 0.05) is 17.3 Å². The highest BCUT2D eigenvalue weighted by Crippen LogP contribution is 2.33. The van der Waals surface area contributed by atoms with Gasteiger partial charge in [-0.25, -0.2) is 4.39 Å². The minimum absolute atomic E-state index is 0.318. The maximum absolute atomic E-state index is 14.0. The number of anilines is 2. The van der Waals surface area contributed by atoms with Crippen molar-refractivity contribution in [2.75, 3.05) is 11.6 Å². The second-order valence-corrected chi connectivity index (χ2v) is 5.41. The Morgan fingerprint density at radius 2 is 2.15 bits per heavy atom. The number of rotatable bonds is 3. The fourth-order valence-electron chi connectivity index (χ4n) is 1.88. The van der Waals surface area contributed by atoms with E-state index >= 15 is 0 Å². The fourth-order valence-corrected chi connectivity index (χ4v) is 2.51. The number of fused-ring (bicyclic) bond motifs is 1. The van der Waals surface area contributed by atoms with Crippen molar-refractivity contribution in [3.05, 3.63) is 47.7 Å². The van der Waals surface area contributed by atoms with Gasteiger partial charge >= 0.3 is 0 Å². The van der Waals surface area contributed by atoms with E-state index < -0.39 is 0 Å². The molecule has 102 valence electrons. The molecule has 0 bridgehead atoms. The van der Waals surface area contributed by atoms with Crippen molar-refractivity contribution in [2.24, 2.45) is 0 Å². The van der Waals surface area contributed by atoms with Crippen molar-refractivity contribution in [1.29, 1.82) is 0 Å². The number of benzene rings is 1. The zero-order valence-corrected chi connectivity index (χ0v) is 12.1. The summed E-state index contributed by atoms with van der Waals surface area (Å²) in [6.45, 7) is 0. The van der Waals surface area contributed by atoms with Gasteiger partial charge in [-0.05, 0) is 24.5 Å². The van der Waals surface area contributed by atoms with Gasteiger partial charge in [0.15, 0.2) is 5.58 Å². The van der Waals surface area contributed by atoms with Crippen LogP contribution in [0.4, 0.5) is 15.8 Å². The molecule has 6 heteroatoms. The summed E-state index contributed by atoms with van der Waals surface area (Å²) in [6.07, 6.45) is 6.53. The second-order valence-electron chi connectivity index (χ2n) is 4.12. The van der Waals surface area contributed by atoms with E-state index in [1.807, 2.05) is 12.3 Å². The van der Waals surface area contributed by atoms with Gasteiger partial charge < -0.3 is 9.73 Å². The monoisotopic (exact) mass is 308 g/mol. The van der Waals surface area contributed by atoms with Crippen LogP contribution < -0.4 is 5.32 Å². The van der Waals surface area contributed by atoms with E-state index in [9.17, 15) is 4.39 Å². The fraction of sp³-hybridized carbons (Fsp3) is 0.0714. The van der Waals surface area contributed by atoms with Crippen molar-refractivity contribution in [3.63, 3.8) is 0 Å². The normalized spacial score (nSPS) is 10.9. The molecule has 0 amide bonds. The van der Waals surface area contributed by atoms with Gasteiger partial charge in [0.25, 0.3) is 0 Å². The van der Waals surface area contributed by atoms with E-state index in [-0.39, 0.29) is 5.82 Å². The van der Waals surface area contributed by atoms with Gasteiger partial charge in [0.2, 0.25) is 0 Å². The summed E-state index contributed by atoms with van der Waals surface area (Å²) < 4.78 is 19.3. The molecule has 0 atom stereocenters. The number of thioether (sulfide) groups is 1. The lowest BCUT2D eigenvalue weighted by molar-refractivity contribution is 0.616. The lowest BCUT2D eigenvalue weighted by atomic mass is 10.2. The summed E-state index contributed by atoms with van der Waals surface area (Å²) >= 11 is 7.47. The first-order chi connectivity index (χ1) is 9.69. The zero-order valence-electron chi connectivity index (χ0n) is 10.5. The predicted molar refractivity (Wildman–Crippen MR) is 80.5 cm³/mol. The Morgan fingerprint density at radius 3 is 2.90 bits per heavy atom. The van der Waals surface area contributed by atoms with Crippen LogP contribution in [-0.4, -0.2) is 11.2 Å². The van der Waals surface area contributed by atoms with Crippen LogP contribution in [0.15, 0.2) is 46.2 Å². The smallest absolute Gasteiger partial charge is 0.157 e. The number of pyridine rings is 1. The largest absolute Gasteiger partial charge is 0.460 e. The average Bonchev–Trinajstić information content (AvgIpc) is 2.86. The molecule has 0 unspecified atom stereocenters. The quantitative estimate of drug-likeness (QED) is 0.684. The molecule has 0 aliphatic heterocycles. The van der Waals surface area contributed by atoms with E-state index in [0.29, 0.717) is 27.4 Å². The molecule has 0 radical (unpaired) electrons. The van der Waals surface area contributed by atoms with Crippen LogP contribution >= 0.6 is 23.4 Å². The number of nitrogens with zero attached hydrogens (tertiary/aromatic N) is 1. The summed E-state index contributed by atoms with van der Waals surface area (Å²) in [4.78, 5) is 4.88. The summed E-state index contributed by atoms with van der Waals surface area (Å²) in [6, 6.07) is 5.03. The van der Waals surface area contributed by atoms with Crippen molar-refractivity contribution in [2.45, 2.75) is 4.90 Å². The van der Waals surface area contributed by atoms with Crippen molar-refractivity contribution in [1.82, 2.24) is 4.98 Å². The molecule has 0 spiro atoms. The lowest BCUT2D eigenvalue weighted by Crippen LogP contribution is -1.93. The van der Waals surface area contributed by atoms with Crippen LogP contribution in [-0.2, 0) is 0 Å². The maximum atomic E-state index is 14.0. The molecule has 0 aliphatic carbocycles. The Hall–Kier alpha value is -1.72. The van der Waals surface area contributed by atoms with Crippen molar-refractivity contribution in [3.8, 4) is 0 Å². The van der Waals surface area contributed by atoms with Crippen molar-refractivity contribution >= 4 is 45.7 Å². The van der Waals surface area contributed by atoms with E-state index in [1.54, 1.807) is 12.3 Å². The molecule has 0 saturated heterocycles. The van der Waals surface area contributed by atoms with Crippen LogP contribution in [0.5, 0.6) is 0 Å². The SMILES string of the molecule is CSc1ccc(Nc2coc3c(Cl)cncc23)c(F)c1. The summed E-state index contributed by atoms with van der Waals surface area (Å²) in [7, 11) is 0. The van der Waals surface area contributed by atoms with E-state index in [1.165, 1.54) is 30.3 Å². The lowest BCUT2D eigenvalue weighted by Gasteiger charge is -2.06. The van der Waals surface area contributed by atoms with E-state index in [2.05, 4.69) is 10.3 Å². The van der Waals surface area contributed by atoms with E-state index in [4.69, 9.17) is 16.0 Å². The van der Waals surface area contributed by atoms with Gasteiger partial charge in [-0.3, -0.25) is 4.98 Å². The molecule has 0 aliphatic rings. The molecule has 3 rings (SSSR count). The first kappa shape index (κ1) is 13.3. The van der Waals surface area contributed by atoms with Crippen LogP contribution in [0, 0.1) is 5.82 Å². The molecule has 3 aromatic rings. The molecule has 0 saturated carbocycles. The highest BCUT2D eigenvalue weighted by molar-refractivity contribution is 7.98. The zero-order chi connectivity index (χ0) is 14.1. The minimum atomic E-state index is -0.318. The van der Waals surface area contributed by atoms with Gasteiger partial charge in [0.1, 0.15) is 17.1 Å². The number of aromatic nitrogens is 1. The second kappa shape index (κ2) is 5.34. The first-order valence-corrected chi connectivity index (χ1v) is 7.40. The van der Waals surface area contributed by atoms with Gasteiger partial charge in [-0.1, -0.05) is 11.6 Å². The molecule has 3 nitrogen and oxygen atoms in total. The van der Waals surface area contributed by atoms with Crippen LogP contribution in [0.3, 0.4) is 0 Å². The van der Waals surface area contributed by atoms with E-state index in [0.717, 1.165) is 4.90 Å². The third-order valence-electron chi connectivity index (χ3n) is 2.88. The molecule has 0 fully saturated rings. The number of hydrogen-bond acceptors (Lipinski definition) is 4. The van der Waals surface area contributed by atoms with Crippen LogP contribution in [0.25, 0.3) is 11.0 Å². The highest BCUT2D eigenvalue weighted by Gasteiger charge is 2.11. The molecule has 1 N–H and O–H groups in total. The Balaban J connectivity index is 1.99. The molecular weight excluding hydrogens is 299 g/mol. The highest BCUT2D eigenvalue weighted by atomic mass is 35.5. The van der Waals surface area contributed by atoms with Gasteiger partial charge in [0.05, 0.1) is 16.8 Å². The molecule has 20 heavy (non-hydrogen) atoms. The molecule has 2 aromatic heterocycles. The maximum Gasteiger partial charge on any atom is 0.157 e. The molecular formula is C14H10ClFN2OS. The number of hydrogen-bond donors (Lipinski definition) is 1. The predicted octanol–water partition coefficient (Wildman–Crippen LogP) is 5.09. The standard InChI is InChI=1S/C14H10ClFN2OS/c1-20-8-2-3-12(11(16)4-8)18-13-7-19-14-9(13)5-17-6-10(14)15/h2-7,18H,1H3. The Morgan fingerprint density at radius 1 is 1.30 bits per heavy atom. The number of nitrogens with one attached hydrogen (secondary N) is 1. The number of halogens is 2. The van der Waals surface area contributed by atoms with Gasteiger partial charge in [-0.15, -0.1) is 11.8 Å². The van der Waals surface area contributed by atoms with Gasteiger partial charge in [-0.2, -0.15) is 0 Å². The molecule has 1 aromatic carbocycles. The number of furan rings is 1. The Labute approximate surface area is 124 Å². The van der Waals surface area contributed by atoms with Crippen LogP contribution in [0.1, 0.15) is 0 Å². The summed E-state index contributed by atoms with van der Waals surface area (Å²) in [5.74, 6) is -0.318. The minimum Gasteiger partial charge on any atom is -0.460 e. The molecule has 2 heterocycles. The third kappa shape index (κ3) is 2.34. The topological polar surface area (TPSA) is 38.1 Å². The summed E-state index contributed by atoms with van der Waals surface area (Å²) in [5.41, 5.74) is 1.54. The Kier molecular flexibility index (Phi) is 3.54.